The lowest BCUT2D eigenvalue weighted by Gasteiger charge is -2.36. The molecule has 6 heteroatoms. The van der Waals surface area contributed by atoms with Crippen molar-refractivity contribution in [3.8, 4) is 5.75 Å². The Hall–Kier alpha value is -2.37. The average molecular weight is 304 g/mol. The summed E-state index contributed by atoms with van der Waals surface area (Å²) in [7, 11) is 0. The minimum absolute atomic E-state index is 0.0491. The van der Waals surface area contributed by atoms with Gasteiger partial charge in [-0.2, -0.15) is 0 Å². The summed E-state index contributed by atoms with van der Waals surface area (Å²) in [5.41, 5.74) is 5.73. The monoisotopic (exact) mass is 304 g/mol. The number of nitrogens with two attached hydrogens (primary N) is 1. The van der Waals surface area contributed by atoms with Gasteiger partial charge >= 0.3 is 0 Å². The summed E-state index contributed by atoms with van der Waals surface area (Å²) in [6, 6.07) is 6.78. The molecule has 2 N–H and O–H groups in total. The first kappa shape index (κ1) is 16.0. The molecule has 0 bridgehead atoms. The first-order valence-corrected chi connectivity index (χ1v) is 7.28. The molecule has 1 heterocycles. The Balaban J connectivity index is 1.99. The van der Waals surface area contributed by atoms with Crippen LogP contribution in [0.2, 0.25) is 0 Å². The molecule has 6 nitrogen and oxygen atoms in total. The Morgan fingerprint density at radius 2 is 2.09 bits per heavy atom. The molecule has 2 rings (SSSR count). The number of hydrogen-bond donors (Lipinski definition) is 1. The van der Waals surface area contributed by atoms with E-state index in [4.69, 9.17) is 10.5 Å². The number of rotatable bonds is 5. The van der Waals surface area contributed by atoms with E-state index in [0.29, 0.717) is 30.6 Å². The van der Waals surface area contributed by atoms with Crippen LogP contribution in [-0.2, 0) is 9.59 Å². The largest absolute Gasteiger partial charge is 0.483 e. The number of amides is 2. The number of carbonyl (C=O) groups is 3. The first-order valence-electron chi connectivity index (χ1n) is 7.28. The number of aldehydes is 1. The third-order valence-electron chi connectivity index (χ3n) is 4.00. The van der Waals surface area contributed by atoms with Gasteiger partial charge in [0.2, 0.25) is 5.91 Å². The number of para-hydroxylation sites is 1. The molecule has 0 aliphatic carbocycles. The predicted molar refractivity (Wildman–Crippen MR) is 80.4 cm³/mol. The zero-order valence-electron chi connectivity index (χ0n) is 12.5. The van der Waals surface area contributed by atoms with Crippen LogP contribution in [0.25, 0.3) is 0 Å². The van der Waals surface area contributed by atoms with Crippen LogP contribution < -0.4 is 10.5 Å². The molecule has 0 spiro atoms. The lowest BCUT2D eigenvalue weighted by molar-refractivity contribution is -0.139. The van der Waals surface area contributed by atoms with E-state index in [1.807, 2.05) is 6.92 Å². The van der Waals surface area contributed by atoms with Gasteiger partial charge in [-0.15, -0.1) is 0 Å². The number of hydrogen-bond acceptors (Lipinski definition) is 4. The molecule has 1 aliphatic heterocycles. The summed E-state index contributed by atoms with van der Waals surface area (Å²) in [5, 5.41) is 0. The van der Waals surface area contributed by atoms with Crippen molar-refractivity contribution in [2.45, 2.75) is 25.8 Å². The SMILES string of the molecule is CC1CCC(C(N)=O)CN1C(=O)COc1ccccc1C=O. The normalized spacial score (nSPS) is 21.2. The Morgan fingerprint density at radius 3 is 2.77 bits per heavy atom. The van der Waals surface area contributed by atoms with E-state index < -0.39 is 0 Å². The number of likely N-dealkylation sites (tertiary alicyclic amines) is 1. The predicted octanol–water partition coefficient (Wildman–Crippen LogP) is 0.990. The highest BCUT2D eigenvalue weighted by atomic mass is 16.5. The van der Waals surface area contributed by atoms with E-state index >= 15 is 0 Å². The summed E-state index contributed by atoms with van der Waals surface area (Å²) in [4.78, 5) is 36.2. The van der Waals surface area contributed by atoms with Gasteiger partial charge < -0.3 is 15.4 Å². The van der Waals surface area contributed by atoms with Crippen molar-refractivity contribution >= 4 is 18.1 Å². The average Bonchev–Trinajstić information content (AvgIpc) is 2.53. The highest BCUT2D eigenvalue weighted by molar-refractivity contribution is 5.82. The molecule has 1 aliphatic rings. The lowest BCUT2D eigenvalue weighted by Crippen LogP contribution is -2.50. The molecular weight excluding hydrogens is 284 g/mol. The summed E-state index contributed by atoms with van der Waals surface area (Å²) >= 11 is 0. The van der Waals surface area contributed by atoms with Crippen LogP contribution in [0.4, 0.5) is 0 Å². The molecule has 118 valence electrons. The number of benzene rings is 1. The van der Waals surface area contributed by atoms with Crippen LogP contribution in [0, 0.1) is 5.92 Å². The zero-order valence-corrected chi connectivity index (χ0v) is 12.5. The van der Waals surface area contributed by atoms with Crippen LogP contribution in [0.3, 0.4) is 0 Å². The zero-order chi connectivity index (χ0) is 16.1. The summed E-state index contributed by atoms with van der Waals surface area (Å²) < 4.78 is 5.45. The highest BCUT2D eigenvalue weighted by Gasteiger charge is 2.31. The minimum atomic E-state index is -0.378. The highest BCUT2D eigenvalue weighted by Crippen LogP contribution is 2.22. The van der Waals surface area contributed by atoms with Gasteiger partial charge in [0.15, 0.2) is 12.9 Å². The summed E-state index contributed by atoms with van der Waals surface area (Å²) in [6.45, 7) is 2.10. The molecular formula is C16H20N2O4. The van der Waals surface area contributed by atoms with Gasteiger partial charge in [0, 0.05) is 12.6 Å². The van der Waals surface area contributed by atoms with Crippen molar-refractivity contribution < 1.29 is 19.1 Å². The van der Waals surface area contributed by atoms with Gasteiger partial charge in [-0.3, -0.25) is 14.4 Å². The Kier molecular flexibility index (Phi) is 5.14. The maximum absolute atomic E-state index is 12.3. The van der Waals surface area contributed by atoms with E-state index in [-0.39, 0.29) is 30.4 Å². The first-order chi connectivity index (χ1) is 10.5. The fraction of sp³-hybridized carbons (Fsp3) is 0.438. The fourth-order valence-corrected chi connectivity index (χ4v) is 2.62. The quantitative estimate of drug-likeness (QED) is 0.821. The van der Waals surface area contributed by atoms with Crippen LogP contribution in [0.5, 0.6) is 5.75 Å². The van der Waals surface area contributed by atoms with Crippen LogP contribution >= 0.6 is 0 Å². The van der Waals surface area contributed by atoms with Crippen LogP contribution in [0.1, 0.15) is 30.1 Å². The van der Waals surface area contributed by atoms with Crippen molar-refractivity contribution in [2.75, 3.05) is 13.2 Å². The molecule has 1 saturated heterocycles. The maximum Gasteiger partial charge on any atom is 0.260 e. The van der Waals surface area contributed by atoms with Gasteiger partial charge in [0.05, 0.1) is 11.5 Å². The molecule has 1 aromatic rings. The second kappa shape index (κ2) is 7.06. The van der Waals surface area contributed by atoms with Gasteiger partial charge in [0.1, 0.15) is 5.75 Å². The number of primary amides is 1. The third kappa shape index (κ3) is 3.63. The molecule has 1 aromatic carbocycles. The molecule has 2 atom stereocenters. The van der Waals surface area contributed by atoms with Crippen LogP contribution in [-0.4, -0.2) is 42.2 Å². The van der Waals surface area contributed by atoms with Crippen molar-refractivity contribution in [3.63, 3.8) is 0 Å². The molecule has 0 radical (unpaired) electrons. The van der Waals surface area contributed by atoms with Crippen molar-refractivity contribution in [3.05, 3.63) is 29.8 Å². The lowest BCUT2D eigenvalue weighted by atomic mass is 9.93. The fourth-order valence-electron chi connectivity index (χ4n) is 2.62. The smallest absolute Gasteiger partial charge is 0.260 e. The molecule has 1 fully saturated rings. The maximum atomic E-state index is 12.3. The van der Waals surface area contributed by atoms with Crippen LogP contribution in [0.15, 0.2) is 24.3 Å². The summed E-state index contributed by atoms with van der Waals surface area (Å²) in [5.74, 6) is -0.513. The standard InChI is InChI=1S/C16H20N2O4/c1-11-6-7-12(16(17)21)8-18(11)15(20)10-22-14-5-3-2-4-13(14)9-19/h2-5,9,11-12H,6-8,10H2,1H3,(H2,17,21). The number of ether oxygens (including phenoxy) is 1. The number of piperidine rings is 1. The van der Waals surface area contributed by atoms with Gasteiger partial charge in [0.25, 0.3) is 5.91 Å². The second-order valence-corrected chi connectivity index (χ2v) is 5.52. The van der Waals surface area contributed by atoms with Gasteiger partial charge in [-0.1, -0.05) is 12.1 Å². The van der Waals surface area contributed by atoms with Gasteiger partial charge in [-0.05, 0) is 31.9 Å². The van der Waals surface area contributed by atoms with Crippen molar-refractivity contribution in [1.82, 2.24) is 4.90 Å². The second-order valence-electron chi connectivity index (χ2n) is 5.52. The molecule has 0 aromatic heterocycles. The molecule has 22 heavy (non-hydrogen) atoms. The summed E-state index contributed by atoms with van der Waals surface area (Å²) in [6.07, 6.45) is 2.13. The van der Waals surface area contributed by atoms with Crippen molar-refractivity contribution in [1.29, 1.82) is 0 Å². The van der Waals surface area contributed by atoms with E-state index in [2.05, 4.69) is 0 Å². The Morgan fingerprint density at radius 1 is 1.36 bits per heavy atom. The number of carbonyl (C=O) groups excluding carboxylic acids is 3. The third-order valence-corrected chi connectivity index (χ3v) is 4.00. The van der Waals surface area contributed by atoms with Gasteiger partial charge in [-0.25, -0.2) is 0 Å². The van der Waals surface area contributed by atoms with E-state index in [0.717, 1.165) is 6.42 Å². The Bertz CT molecular complexity index is 573. The van der Waals surface area contributed by atoms with Crippen molar-refractivity contribution in [2.24, 2.45) is 11.7 Å². The Labute approximate surface area is 129 Å². The number of nitrogens with zero attached hydrogens (tertiary/aromatic N) is 1. The van der Waals surface area contributed by atoms with E-state index in [1.54, 1.807) is 29.2 Å². The van der Waals surface area contributed by atoms with E-state index in [1.165, 1.54) is 0 Å². The molecule has 2 amide bonds. The molecule has 2 unspecified atom stereocenters. The van der Waals surface area contributed by atoms with E-state index in [9.17, 15) is 14.4 Å². The minimum Gasteiger partial charge on any atom is -0.483 e. The topological polar surface area (TPSA) is 89.7 Å². The molecule has 0 saturated carbocycles.